The third kappa shape index (κ3) is 2.77. The van der Waals surface area contributed by atoms with E-state index in [-0.39, 0.29) is 23.9 Å². The van der Waals surface area contributed by atoms with Crippen LogP contribution in [0, 0.1) is 11.3 Å². The maximum atomic E-state index is 11.6. The largest absolute Gasteiger partial charge is 0.302 e. The van der Waals surface area contributed by atoms with Crippen molar-refractivity contribution in [2.75, 3.05) is 7.05 Å². The molecule has 1 saturated heterocycles. The van der Waals surface area contributed by atoms with Crippen molar-refractivity contribution in [3.63, 3.8) is 0 Å². The van der Waals surface area contributed by atoms with Gasteiger partial charge in [-0.25, -0.2) is 0 Å². The van der Waals surface area contributed by atoms with Crippen molar-refractivity contribution in [3.8, 4) is 6.07 Å². The summed E-state index contributed by atoms with van der Waals surface area (Å²) >= 11 is 0. The van der Waals surface area contributed by atoms with Gasteiger partial charge >= 0.3 is 0 Å². The molecule has 1 fully saturated rings. The van der Waals surface area contributed by atoms with Crippen molar-refractivity contribution >= 4 is 11.8 Å². The summed E-state index contributed by atoms with van der Waals surface area (Å²) in [6.07, 6.45) is 1.28. The van der Waals surface area contributed by atoms with Crippen molar-refractivity contribution in [2.24, 2.45) is 0 Å². The number of imide groups is 1. The van der Waals surface area contributed by atoms with E-state index in [1.165, 1.54) is 7.05 Å². The molecular formula is C10H15N3O2. The van der Waals surface area contributed by atoms with Gasteiger partial charge in [0.05, 0.1) is 18.5 Å². The zero-order chi connectivity index (χ0) is 11.4. The highest BCUT2D eigenvalue weighted by molar-refractivity contribution is 6.00. The molecule has 2 unspecified atom stereocenters. The summed E-state index contributed by atoms with van der Waals surface area (Å²) in [6, 6.07) is 1.69. The van der Waals surface area contributed by atoms with E-state index < -0.39 is 0 Å². The second-order valence-electron chi connectivity index (χ2n) is 3.81. The number of nitriles is 1. The number of nitrogens with zero attached hydrogens (tertiary/aromatic N) is 2. The molecule has 2 atom stereocenters. The molecule has 0 radical (unpaired) electrons. The number of likely N-dealkylation sites (tertiary alicyclic amines) is 1. The van der Waals surface area contributed by atoms with Crippen LogP contribution in [0.4, 0.5) is 0 Å². The lowest BCUT2D eigenvalue weighted by Crippen LogP contribution is -2.53. The zero-order valence-corrected chi connectivity index (χ0v) is 8.99. The Kier molecular flexibility index (Phi) is 3.81. The molecule has 5 heteroatoms. The average Bonchev–Trinajstić information content (AvgIpc) is 2.20. The summed E-state index contributed by atoms with van der Waals surface area (Å²) in [5.74, 6) is -0.331. The highest BCUT2D eigenvalue weighted by Crippen LogP contribution is 2.12. The van der Waals surface area contributed by atoms with Gasteiger partial charge in [0.25, 0.3) is 0 Å². The number of amides is 2. The molecule has 0 saturated carbocycles. The highest BCUT2D eigenvalue weighted by atomic mass is 16.2. The maximum Gasteiger partial charge on any atom is 0.246 e. The van der Waals surface area contributed by atoms with E-state index in [1.807, 2.05) is 13.0 Å². The Morgan fingerprint density at radius 2 is 2.33 bits per heavy atom. The van der Waals surface area contributed by atoms with E-state index in [0.29, 0.717) is 19.3 Å². The van der Waals surface area contributed by atoms with Crippen LogP contribution in [0.1, 0.15) is 26.2 Å². The van der Waals surface area contributed by atoms with Gasteiger partial charge in [0.2, 0.25) is 11.8 Å². The Morgan fingerprint density at radius 3 is 2.93 bits per heavy atom. The summed E-state index contributed by atoms with van der Waals surface area (Å²) in [6.45, 7) is 1.85. The number of piperidine rings is 1. The normalized spacial score (nSPS) is 23.8. The topological polar surface area (TPSA) is 73.2 Å². The molecule has 1 aliphatic rings. The smallest absolute Gasteiger partial charge is 0.246 e. The fourth-order valence-electron chi connectivity index (χ4n) is 1.61. The van der Waals surface area contributed by atoms with Crippen LogP contribution in [0.25, 0.3) is 0 Å². The van der Waals surface area contributed by atoms with Gasteiger partial charge in [-0.1, -0.05) is 0 Å². The molecule has 5 nitrogen and oxygen atoms in total. The molecule has 2 amide bonds. The molecule has 0 bridgehead atoms. The Bertz CT molecular complexity index is 308. The number of rotatable bonds is 3. The van der Waals surface area contributed by atoms with Crippen molar-refractivity contribution in [3.05, 3.63) is 0 Å². The van der Waals surface area contributed by atoms with Crippen LogP contribution in [0.15, 0.2) is 0 Å². The quantitative estimate of drug-likeness (QED) is 0.665. The Morgan fingerprint density at radius 1 is 1.67 bits per heavy atom. The lowest BCUT2D eigenvalue weighted by atomic mass is 10.0. The SMILES string of the molecule is CC(CC#N)NC1CCC(=O)N(C)C1=O. The maximum absolute atomic E-state index is 11.6. The minimum absolute atomic E-state index is 0.0226. The summed E-state index contributed by atoms with van der Waals surface area (Å²) in [7, 11) is 1.49. The predicted molar refractivity (Wildman–Crippen MR) is 53.6 cm³/mol. The lowest BCUT2D eigenvalue weighted by Gasteiger charge is -2.29. The fraction of sp³-hybridized carbons (Fsp3) is 0.700. The summed E-state index contributed by atoms with van der Waals surface area (Å²) in [5.41, 5.74) is 0. The Balaban J connectivity index is 2.54. The third-order valence-electron chi connectivity index (χ3n) is 2.53. The van der Waals surface area contributed by atoms with Crippen LogP contribution in [-0.2, 0) is 9.59 Å². The molecule has 0 aromatic heterocycles. The van der Waals surface area contributed by atoms with Gasteiger partial charge in [-0.05, 0) is 13.3 Å². The Hall–Kier alpha value is -1.41. The predicted octanol–water partition coefficient (Wildman–Crippen LogP) is 0.0256. The highest BCUT2D eigenvalue weighted by Gasteiger charge is 2.31. The molecular weight excluding hydrogens is 194 g/mol. The minimum Gasteiger partial charge on any atom is -0.302 e. The number of likely N-dealkylation sites (N-methyl/N-ethyl adjacent to an activating group) is 1. The monoisotopic (exact) mass is 209 g/mol. The van der Waals surface area contributed by atoms with Crippen LogP contribution in [0.5, 0.6) is 0 Å². The molecule has 0 aromatic rings. The molecule has 0 aliphatic carbocycles. The molecule has 82 valence electrons. The van der Waals surface area contributed by atoms with Crippen LogP contribution in [-0.4, -0.2) is 35.8 Å². The molecule has 1 aliphatic heterocycles. The molecule has 0 spiro atoms. The number of carbonyl (C=O) groups excluding carboxylic acids is 2. The van der Waals surface area contributed by atoms with Crippen molar-refractivity contribution in [2.45, 2.75) is 38.3 Å². The first-order valence-corrected chi connectivity index (χ1v) is 4.99. The summed E-state index contributed by atoms with van der Waals surface area (Å²) in [4.78, 5) is 24.0. The molecule has 1 heterocycles. The molecule has 0 aromatic carbocycles. The van der Waals surface area contributed by atoms with Gasteiger partial charge in [-0.15, -0.1) is 0 Å². The van der Waals surface area contributed by atoms with Crippen molar-refractivity contribution in [1.29, 1.82) is 5.26 Å². The van der Waals surface area contributed by atoms with Gasteiger partial charge in [-0.3, -0.25) is 14.5 Å². The standard InChI is InChI=1S/C10H15N3O2/c1-7(5-6-11)12-8-3-4-9(14)13(2)10(8)15/h7-8,12H,3-5H2,1-2H3. The second kappa shape index (κ2) is 4.89. The third-order valence-corrected chi connectivity index (χ3v) is 2.53. The second-order valence-corrected chi connectivity index (χ2v) is 3.81. The number of nitrogens with one attached hydrogen (secondary N) is 1. The van der Waals surface area contributed by atoms with Gasteiger partial charge in [0.15, 0.2) is 0 Å². The van der Waals surface area contributed by atoms with Crippen LogP contribution in [0.3, 0.4) is 0 Å². The van der Waals surface area contributed by atoms with Crippen molar-refractivity contribution < 1.29 is 9.59 Å². The van der Waals surface area contributed by atoms with E-state index in [9.17, 15) is 9.59 Å². The first-order chi connectivity index (χ1) is 7.06. The Labute approximate surface area is 89.0 Å². The average molecular weight is 209 g/mol. The molecule has 1 rings (SSSR count). The van der Waals surface area contributed by atoms with Crippen LogP contribution < -0.4 is 5.32 Å². The van der Waals surface area contributed by atoms with E-state index in [2.05, 4.69) is 5.32 Å². The van der Waals surface area contributed by atoms with E-state index in [1.54, 1.807) is 0 Å². The number of carbonyl (C=O) groups is 2. The summed E-state index contributed by atoms with van der Waals surface area (Å²) in [5, 5.41) is 11.5. The van der Waals surface area contributed by atoms with E-state index in [0.717, 1.165) is 4.90 Å². The van der Waals surface area contributed by atoms with Gasteiger partial charge in [0.1, 0.15) is 0 Å². The number of hydrogen-bond acceptors (Lipinski definition) is 4. The van der Waals surface area contributed by atoms with E-state index in [4.69, 9.17) is 5.26 Å². The first-order valence-electron chi connectivity index (χ1n) is 4.99. The van der Waals surface area contributed by atoms with Gasteiger partial charge in [-0.2, -0.15) is 5.26 Å². The summed E-state index contributed by atoms with van der Waals surface area (Å²) < 4.78 is 0. The van der Waals surface area contributed by atoms with Gasteiger partial charge < -0.3 is 5.32 Å². The minimum atomic E-state index is -0.323. The molecule has 1 N–H and O–H groups in total. The fourth-order valence-corrected chi connectivity index (χ4v) is 1.61. The first kappa shape index (κ1) is 11.7. The van der Waals surface area contributed by atoms with Crippen molar-refractivity contribution in [1.82, 2.24) is 10.2 Å². The van der Waals surface area contributed by atoms with Gasteiger partial charge in [0, 0.05) is 19.5 Å². The van der Waals surface area contributed by atoms with Crippen LogP contribution >= 0.6 is 0 Å². The van der Waals surface area contributed by atoms with E-state index >= 15 is 0 Å². The lowest BCUT2D eigenvalue weighted by molar-refractivity contribution is -0.148. The number of hydrogen-bond donors (Lipinski definition) is 1. The molecule has 15 heavy (non-hydrogen) atoms. The van der Waals surface area contributed by atoms with Crippen LogP contribution in [0.2, 0.25) is 0 Å². The zero-order valence-electron chi connectivity index (χ0n) is 8.99.